The van der Waals surface area contributed by atoms with E-state index in [1.54, 1.807) is 0 Å². The summed E-state index contributed by atoms with van der Waals surface area (Å²) in [5.41, 5.74) is -1.85. The second kappa shape index (κ2) is 8.73. The lowest BCUT2D eigenvalue weighted by molar-refractivity contribution is -0.153. The van der Waals surface area contributed by atoms with Gasteiger partial charge in [0.25, 0.3) is 0 Å². The van der Waals surface area contributed by atoms with Crippen LogP contribution >= 0.6 is 0 Å². The van der Waals surface area contributed by atoms with E-state index in [1.807, 2.05) is 19.1 Å². The predicted molar refractivity (Wildman–Crippen MR) is 164 cm³/mol. The maximum absolute atomic E-state index is 14.9. The van der Waals surface area contributed by atoms with E-state index in [0.29, 0.717) is 25.0 Å². The molecule has 4 rings (SSSR count). The Morgan fingerprint density at radius 1 is 1.00 bits per heavy atom. The van der Waals surface area contributed by atoms with Crippen molar-refractivity contribution in [3.8, 4) is 0 Å². The number of carbonyl (C=O) groups excluding carboxylic acids is 1. The van der Waals surface area contributed by atoms with Gasteiger partial charge in [-0.15, -0.1) is 0 Å². The Hall–Kier alpha value is -0.576. The molecule has 0 aliphatic heterocycles. The molecule has 0 amide bonds. The Labute approximate surface area is 240 Å². The van der Waals surface area contributed by atoms with Gasteiger partial charge < -0.3 is 19.1 Å². The van der Waals surface area contributed by atoms with E-state index < -0.39 is 39.4 Å². The van der Waals surface area contributed by atoms with E-state index in [4.69, 9.17) is 8.85 Å². The molecule has 7 heteroatoms. The number of hydrogen-bond acceptors (Lipinski definition) is 5. The normalized spacial score (nSPS) is 40.3. The van der Waals surface area contributed by atoms with Gasteiger partial charge in [-0.05, 0) is 84.6 Å². The van der Waals surface area contributed by atoms with Crippen molar-refractivity contribution in [1.29, 1.82) is 0 Å². The highest BCUT2D eigenvalue weighted by Crippen LogP contribution is 2.76. The summed E-state index contributed by atoms with van der Waals surface area (Å²) in [6, 6.07) is 0. The zero-order valence-corrected chi connectivity index (χ0v) is 29.2. The molecule has 2 fully saturated rings. The van der Waals surface area contributed by atoms with Crippen LogP contribution in [-0.2, 0) is 13.6 Å². The van der Waals surface area contributed by atoms with Crippen LogP contribution in [0, 0.1) is 28.6 Å². The molecule has 0 aromatic heterocycles. The minimum Gasteiger partial charge on any atom is -0.413 e. The maximum Gasteiger partial charge on any atom is 0.192 e. The fourth-order valence-electron chi connectivity index (χ4n) is 7.82. The standard InChI is InChI=1S/C32H56O5Si2/c1-20-16-30-21(2)17-32(37-39(13,14)28(6,7)8)24(29(32,9)10)23(26(30)34)15-22(18-31(30,35)25(20)33)19-36-38(11,12)27(3,4)5/h16,18,21,23-25,33,35H,15,17,19H2,1-14H3/t21-,23+,24-,25+,30+,31+,32+/m1/s1. The molecule has 2 bridgehead atoms. The van der Waals surface area contributed by atoms with Crippen molar-refractivity contribution in [1.82, 2.24) is 0 Å². The molecule has 2 N–H and O–H groups in total. The number of carbonyl (C=O) groups is 1. The number of aliphatic hydroxyl groups excluding tert-OH is 1. The lowest BCUT2D eigenvalue weighted by Gasteiger charge is -2.46. The van der Waals surface area contributed by atoms with Crippen molar-refractivity contribution >= 4 is 22.4 Å². The maximum atomic E-state index is 14.9. The van der Waals surface area contributed by atoms with Crippen molar-refractivity contribution in [2.75, 3.05) is 6.61 Å². The van der Waals surface area contributed by atoms with Crippen molar-refractivity contribution in [3.63, 3.8) is 0 Å². The molecule has 5 nitrogen and oxygen atoms in total. The van der Waals surface area contributed by atoms with Gasteiger partial charge >= 0.3 is 0 Å². The van der Waals surface area contributed by atoms with E-state index in [-0.39, 0.29) is 39.0 Å². The first-order valence-electron chi connectivity index (χ1n) is 15.0. The van der Waals surface area contributed by atoms with Crippen LogP contribution in [0.1, 0.15) is 82.1 Å². The van der Waals surface area contributed by atoms with E-state index >= 15 is 0 Å². The van der Waals surface area contributed by atoms with Crippen molar-refractivity contribution < 1.29 is 23.9 Å². The number of ketones is 1. The monoisotopic (exact) mass is 576 g/mol. The van der Waals surface area contributed by atoms with E-state index in [2.05, 4.69) is 88.5 Å². The summed E-state index contributed by atoms with van der Waals surface area (Å²) < 4.78 is 14.0. The SMILES string of the molecule is CC1=C[C@]23C(=O)[C@@H](CC(CO[Si](C)(C)C(C)(C)C)=C[C@]2(O)[C@H]1O)[C@@H]1C(C)(C)[C@]1(O[Si](C)(C)C(C)(C)C)C[C@H]3C. The Bertz CT molecular complexity index is 1110. The third-order valence-electron chi connectivity index (χ3n) is 12.4. The first-order valence-corrected chi connectivity index (χ1v) is 20.8. The molecule has 4 aliphatic carbocycles. The molecule has 0 heterocycles. The molecule has 2 saturated carbocycles. The molecule has 0 aromatic carbocycles. The van der Waals surface area contributed by atoms with Crippen LogP contribution in [0.5, 0.6) is 0 Å². The predicted octanol–water partition coefficient (Wildman–Crippen LogP) is 7.02. The molecule has 39 heavy (non-hydrogen) atoms. The van der Waals surface area contributed by atoms with Gasteiger partial charge in [-0.3, -0.25) is 4.79 Å². The molecule has 1 spiro atoms. The van der Waals surface area contributed by atoms with Gasteiger partial charge in [0.15, 0.2) is 16.6 Å². The Balaban J connectivity index is 1.86. The topological polar surface area (TPSA) is 76.0 Å². The van der Waals surface area contributed by atoms with Gasteiger partial charge in [0.2, 0.25) is 0 Å². The van der Waals surface area contributed by atoms with Crippen LogP contribution in [0.25, 0.3) is 0 Å². The summed E-state index contributed by atoms with van der Waals surface area (Å²) in [7, 11) is -4.25. The van der Waals surface area contributed by atoms with Crippen molar-refractivity contribution in [2.45, 2.75) is 136 Å². The molecule has 222 valence electrons. The second-order valence-corrected chi connectivity index (χ2v) is 26.6. The van der Waals surface area contributed by atoms with Crippen LogP contribution in [0.3, 0.4) is 0 Å². The fourth-order valence-corrected chi connectivity index (χ4v) is 10.5. The Morgan fingerprint density at radius 3 is 2.05 bits per heavy atom. The van der Waals surface area contributed by atoms with Gasteiger partial charge in [0, 0.05) is 11.8 Å². The average Bonchev–Trinajstić information content (AvgIpc) is 3.17. The van der Waals surface area contributed by atoms with Gasteiger partial charge in [-0.1, -0.05) is 68.4 Å². The summed E-state index contributed by atoms with van der Waals surface area (Å²) in [6.07, 6.45) is 3.88. The van der Waals surface area contributed by atoms with Gasteiger partial charge in [0.1, 0.15) is 17.5 Å². The summed E-state index contributed by atoms with van der Waals surface area (Å²) in [4.78, 5) is 14.9. The second-order valence-electron chi connectivity index (χ2n) is 17.1. The highest BCUT2D eigenvalue weighted by atomic mass is 28.4. The highest BCUT2D eigenvalue weighted by molar-refractivity contribution is 6.74. The molecular formula is C32H56O5Si2. The zero-order valence-electron chi connectivity index (χ0n) is 27.2. The molecule has 0 radical (unpaired) electrons. The first kappa shape index (κ1) is 31.4. The number of aliphatic hydroxyl groups is 2. The van der Waals surface area contributed by atoms with Crippen LogP contribution in [-0.4, -0.2) is 56.5 Å². The van der Waals surface area contributed by atoms with Crippen LogP contribution in [0.2, 0.25) is 36.3 Å². The number of hydrogen-bond donors (Lipinski definition) is 2. The Kier molecular flexibility index (Phi) is 7.02. The zero-order chi connectivity index (χ0) is 30.0. The van der Waals surface area contributed by atoms with E-state index in [1.165, 1.54) is 0 Å². The minimum atomic E-state index is -2.17. The van der Waals surface area contributed by atoms with Crippen molar-refractivity contribution in [2.24, 2.45) is 28.6 Å². The minimum absolute atomic E-state index is 0.0393. The summed E-state index contributed by atoms with van der Waals surface area (Å²) in [5.74, 6) is -0.368. The molecule has 4 aliphatic rings. The van der Waals surface area contributed by atoms with E-state index in [0.717, 1.165) is 5.57 Å². The van der Waals surface area contributed by atoms with Crippen molar-refractivity contribution in [3.05, 3.63) is 23.3 Å². The quantitative estimate of drug-likeness (QED) is 0.272. The number of fused-ring (bicyclic) bond motifs is 3. The molecule has 7 atom stereocenters. The number of Topliss-reactive ketones (excluding diaryl/α,β-unsaturated/α-hetero) is 1. The molecule has 0 saturated heterocycles. The smallest absolute Gasteiger partial charge is 0.192 e. The van der Waals surface area contributed by atoms with Gasteiger partial charge in [0.05, 0.1) is 17.6 Å². The average molecular weight is 577 g/mol. The summed E-state index contributed by atoms with van der Waals surface area (Å²) in [6.45, 7) is 31.4. The van der Waals surface area contributed by atoms with Gasteiger partial charge in [-0.25, -0.2) is 0 Å². The van der Waals surface area contributed by atoms with E-state index in [9.17, 15) is 15.0 Å². The largest absolute Gasteiger partial charge is 0.413 e. The summed E-state index contributed by atoms with van der Waals surface area (Å²) >= 11 is 0. The molecular weight excluding hydrogens is 521 g/mol. The molecule has 0 aromatic rings. The lowest BCUT2D eigenvalue weighted by atomic mass is 9.60. The van der Waals surface area contributed by atoms with Crippen LogP contribution in [0.4, 0.5) is 0 Å². The Morgan fingerprint density at radius 2 is 1.54 bits per heavy atom. The lowest BCUT2D eigenvalue weighted by Crippen LogP contribution is -2.58. The van der Waals surface area contributed by atoms with Gasteiger partial charge in [-0.2, -0.15) is 0 Å². The first-order chi connectivity index (χ1) is 17.3. The molecule has 0 unspecified atom stereocenters. The van der Waals surface area contributed by atoms with Crippen LogP contribution < -0.4 is 0 Å². The highest BCUT2D eigenvalue weighted by Gasteiger charge is 2.81. The summed E-state index contributed by atoms with van der Waals surface area (Å²) in [5, 5.41) is 24.0. The third kappa shape index (κ3) is 4.15. The third-order valence-corrected chi connectivity index (χ3v) is 21.3. The number of rotatable bonds is 5. The van der Waals surface area contributed by atoms with Crippen LogP contribution in [0.15, 0.2) is 23.3 Å². The fraction of sp³-hybridized carbons (Fsp3) is 0.844.